The van der Waals surface area contributed by atoms with Gasteiger partial charge < -0.3 is 0 Å². The van der Waals surface area contributed by atoms with Gasteiger partial charge in [-0.15, -0.1) is 0 Å². The van der Waals surface area contributed by atoms with Crippen molar-refractivity contribution in [3.8, 4) is 0 Å². The summed E-state index contributed by atoms with van der Waals surface area (Å²) in [6.07, 6.45) is 2.13. The lowest BCUT2D eigenvalue weighted by molar-refractivity contribution is 0.100. The lowest BCUT2D eigenvalue weighted by Crippen LogP contribution is -2.07. The Morgan fingerprint density at radius 3 is 2.85 bits per heavy atom. The van der Waals surface area contributed by atoms with E-state index in [1.165, 1.54) is 0 Å². The van der Waals surface area contributed by atoms with E-state index in [1.54, 1.807) is 6.21 Å². The highest BCUT2D eigenvalue weighted by atomic mass is 16.1. The standard InChI is InChI=1S/C11H11NO/c1-7-5-8(2)11-9(6-7)12-4-3-10(11)13/h4-6H,3H2,1-2H3. The zero-order valence-electron chi connectivity index (χ0n) is 7.79. The zero-order chi connectivity index (χ0) is 9.42. The van der Waals surface area contributed by atoms with E-state index < -0.39 is 0 Å². The van der Waals surface area contributed by atoms with Crippen LogP contribution in [-0.4, -0.2) is 12.0 Å². The van der Waals surface area contributed by atoms with Crippen molar-refractivity contribution in [2.24, 2.45) is 4.99 Å². The van der Waals surface area contributed by atoms with Crippen LogP contribution in [0, 0.1) is 13.8 Å². The fraction of sp³-hybridized carbons (Fsp3) is 0.273. The second-order valence-electron chi connectivity index (χ2n) is 3.41. The fourth-order valence-corrected chi connectivity index (χ4v) is 1.74. The SMILES string of the molecule is Cc1cc(C)c2c(c1)N=CCC2=O. The molecule has 1 aromatic rings. The van der Waals surface area contributed by atoms with E-state index >= 15 is 0 Å². The first-order valence-electron chi connectivity index (χ1n) is 4.35. The molecule has 0 bridgehead atoms. The number of carbonyl (C=O) groups is 1. The highest BCUT2D eigenvalue weighted by Gasteiger charge is 2.16. The van der Waals surface area contributed by atoms with Crippen molar-refractivity contribution in [2.45, 2.75) is 20.3 Å². The molecule has 0 saturated heterocycles. The molecule has 0 aliphatic carbocycles. The van der Waals surface area contributed by atoms with Gasteiger partial charge in [0, 0.05) is 18.2 Å². The number of hydrogen-bond acceptors (Lipinski definition) is 2. The van der Waals surface area contributed by atoms with Crippen LogP contribution in [0.4, 0.5) is 5.69 Å². The Bertz CT molecular complexity index is 405. The molecule has 0 unspecified atom stereocenters. The van der Waals surface area contributed by atoms with Gasteiger partial charge >= 0.3 is 0 Å². The summed E-state index contributed by atoms with van der Waals surface area (Å²) in [6.45, 7) is 3.98. The third kappa shape index (κ3) is 1.28. The van der Waals surface area contributed by atoms with E-state index in [4.69, 9.17) is 0 Å². The Morgan fingerprint density at radius 1 is 1.31 bits per heavy atom. The fourth-order valence-electron chi connectivity index (χ4n) is 1.74. The second-order valence-corrected chi connectivity index (χ2v) is 3.41. The summed E-state index contributed by atoms with van der Waals surface area (Å²) in [6, 6.07) is 3.98. The van der Waals surface area contributed by atoms with Gasteiger partial charge in [-0.05, 0) is 31.0 Å². The lowest BCUT2D eigenvalue weighted by atomic mass is 9.97. The van der Waals surface area contributed by atoms with Gasteiger partial charge in [0.15, 0.2) is 5.78 Å². The first-order chi connectivity index (χ1) is 6.18. The number of ketones is 1. The first kappa shape index (κ1) is 8.17. The Hall–Kier alpha value is -1.44. The minimum Gasteiger partial charge on any atom is -0.294 e. The molecule has 0 atom stereocenters. The van der Waals surface area contributed by atoms with Crippen LogP contribution >= 0.6 is 0 Å². The van der Waals surface area contributed by atoms with E-state index in [1.807, 2.05) is 26.0 Å². The van der Waals surface area contributed by atoms with Crippen LogP contribution in [0.15, 0.2) is 17.1 Å². The van der Waals surface area contributed by atoms with E-state index in [-0.39, 0.29) is 5.78 Å². The molecular weight excluding hydrogens is 162 g/mol. The molecule has 1 aromatic carbocycles. The van der Waals surface area contributed by atoms with Crippen LogP contribution in [-0.2, 0) is 0 Å². The van der Waals surface area contributed by atoms with Crippen molar-refractivity contribution in [3.05, 3.63) is 28.8 Å². The van der Waals surface area contributed by atoms with Gasteiger partial charge in [-0.3, -0.25) is 9.79 Å². The molecule has 0 amide bonds. The van der Waals surface area contributed by atoms with E-state index in [9.17, 15) is 4.79 Å². The van der Waals surface area contributed by atoms with Gasteiger partial charge in [-0.25, -0.2) is 0 Å². The van der Waals surface area contributed by atoms with Gasteiger partial charge in [-0.2, -0.15) is 0 Å². The molecule has 0 aromatic heterocycles. The van der Waals surface area contributed by atoms with Crippen LogP contribution < -0.4 is 0 Å². The Labute approximate surface area is 77.3 Å². The summed E-state index contributed by atoms with van der Waals surface area (Å²) < 4.78 is 0. The number of aryl methyl sites for hydroxylation is 2. The number of fused-ring (bicyclic) bond motifs is 1. The minimum absolute atomic E-state index is 0.183. The molecule has 1 aliphatic heterocycles. The molecule has 0 spiro atoms. The maximum absolute atomic E-state index is 11.5. The van der Waals surface area contributed by atoms with Gasteiger partial charge in [-0.1, -0.05) is 6.07 Å². The summed E-state index contributed by atoms with van der Waals surface area (Å²) in [5.41, 5.74) is 3.82. The third-order valence-electron chi connectivity index (χ3n) is 2.24. The summed E-state index contributed by atoms with van der Waals surface area (Å²) in [5.74, 6) is 0.183. The Balaban J connectivity index is 2.71. The third-order valence-corrected chi connectivity index (χ3v) is 2.24. The highest BCUT2D eigenvalue weighted by molar-refractivity contribution is 6.10. The topological polar surface area (TPSA) is 29.4 Å². The van der Waals surface area contributed by atoms with Gasteiger partial charge in [0.1, 0.15) is 0 Å². The molecule has 1 aliphatic rings. The monoisotopic (exact) mass is 173 g/mol. The summed E-state index contributed by atoms with van der Waals surface area (Å²) in [7, 11) is 0. The van der Waals surface area contributed by atoms with Crippen molar-refractivity contribution in [3.63, 3.8) is 0 Å². The number of hydrogen-bond donors (Lipinski definition) is 0. The lowest BCUT2D eigenvalue weighted by Gasteiger charge is -2.12. The average Bonchev–Trinajstić information content (AvgIpc) is 2.02. The van der Waals surface area contributed by atoms with E-state index in [0.717, 1.165) is 22.4 Å². The molecule has 0 N–H and O–H groups in total. The summed E-state index contributed by atoms with van der Waals surface area (Å²) in [4.78, 5) is 15.7. The number of carbonyl (C=O) groups excluding carboxylic acids is 1. The number of rotatable bonds is 0. The average molecular weight is 173 g/mol. The maximum Gasteiger partial charge on any atom is 0.170 e. The highest BCUT2D eigenvalue weighted by Crippen LogP contribution is 2.28. The van der Waals surface area contributed by atoms with Crippen molar-refractivity contribution in [1.29, 1.82) is 0 Å². The Kier molecular flexibility index (Phi) is 1.76. The van der Waals surface area contributed by atoms with Crippen molar-refractivity contribution >= 4 is 17.7 Å². The smallest absolute Gasteiger partial charge is 0.170 e. The predicted molar refractivity (Wildman–Crippen MR) is 53.0 cm³/mol. The largest absolute Gasteiger partial charge is 0.294 e. The summed E-state index contributed by atoms with van der Waals surface area (Å²) >= 11 is 0. The van der Waals surface area contributed by atoms with Crippen LogP contribution in [0.25, 0.3) is 0 Å². The van der Waals surface area contributed by atoms with Crippen LogP contribution in [0.5, 0.6) is 0 Å². The second kappa shape index (κ2) is 2.80. The summed E-state index contributed by atoms with van der Waals surface area (Å²) in [5, 5.41) is 0. The molecule has 0 saturated carbocycles. The number of aliphatic imine (C=N–C) groups is 1. The van der Waals surface area contributed by atoms with Gasteiger partial charge in [0.2, 0.25) is 0 Å². The molecule has 0 radical (unpaired) electrons. The number of nitrogens with zero attached hydrogens (tertiary/aromatic N) is 1. The molecule has 2 nitrogen and oxygen atoms in total. The van der Waals surface area contributed by atoms with Crippen LogP contribution in [0.1, 0.15) is 27.9 Å². The van der Waals surface area contributed by atoms with Gasteiger partial charge in [0.05, 0.1) is 5.69 Å². The van der Waals surface area contributed by atoms with Crippen molar-refractivity contribution < 1.29 is 4.79 Å². The predicted octanol–water partition coefficient (Wildman–Crippen LogP) is 2.59. The van der Waals surface area contributed by atoms with Crippen LogP contribution in [0.3, 0.4) is 0 Å². The molecule has 2 heteroatoms. The van der Waals surface area contributed by atoms with Gasteiger partial charge in [0.25, 0.3) is 0 Å². The molecule has 1 heterocycles. The number of benzene rings is 1. The molecule has 0 fully saturated rings. The van der Waals surface area contributed by atoms with Crippen molar-refractivity contribution in [1.82, 2.24) is 0 Å². The van der Waals surface area contributed by atoms with E-state index in [0.29, 0.717) is 6.42 Å². The van der Waals surface area contributed by atoms with Crippen LogP contribution in [0.2, 0.25) is 0 Å². The minimum atomic E-state index is 0.183. The number of Topliss-reactive ketones (excluding diaryl/α,β-unsaturated/α-hetero) is 1. The molecule has 66 valence electrons. The molecule has 2 rings (SSSR count). The molecule has 13 heavy (non-hydrogen) atoms. The van der Waals surface area contributed by atoms with E-state index in [2.05, 4.69) is 4.99 Å². The first-order valence-corrected chi connectivity index (χ1v) is 4.35. The molecular formula is C11H11NO. The maximum atomic E-state index is 11.5. The van der Waals surface area contributed by atoms with Crippen molar-refractivity contribution in [2.75, 3.05) is 0 Å². The zero-order valence-corrected chi connectivity index (χ0v) is 7.79. The Morgan fingerprint density at radius 2 is 2.08 bits per heavy atom. The normalized spacial score (nSPS) is 14.5. The quantitative estimate of drug-likeness (QED) is 0.593.